The van der Waals surface area contributed by atoms with Crippen LogP contribution in [0.5, 0.6) is 0 Å². The van der Waals surface area contributed by atoms with Crippen molar-refractivity contribution in [2.75, 3.05) is 43.2 Å². The van der Waals surface area contributed by atoms with Gasteiger partial charge < -0.3 is 10.2 Å². The summed E-state index contributed by atoms with van der Waals surface area (Å²) in [5, 5.41) is 3.06. The normalized spacial score (nSPS) is 16.9. The lowest BCUT2D eigenvalue weighted by Crippen LogP contribution is -2.51. The molecule has 0 aliphatic carbocycles. The van der Waals surface area contributed by atoms with Gasteiger partial charge in [-0.2, -0.15) is 0 Å². The van der Waals surface area contributed by atoms with Crippen LogP contribution >= 0.6 is 0 Å². The average molecular weight is 416 g/mol. The van der Waals surface area contributed by atoms with Gasteiger partial charge in [0.2, 0.25) is 15.9 Å². The standard InChI is InChI=1S/C22H29N3O3S/c1-4-29(27,28)25-16-14-22(15-17-25,18-8-6-5-7-9-18)21(26)23-19-10-12-20(13-11-19)24(2)3/h5-13H,4,14-17H2,1-3H3,(H,23,26). The Hall–Kier alpha value is -2.38. The molecule has 2 aromatic rings. The minimum Gasteiger partial charge on any atom is -0.378 e. The van der Waals surface area contributed by atoms with Crippen LogP contribution in [0.4, 0.5) is 11.4 Å². The number of rotatable bonds is 6. The predicted molar refractivity (Wildman–Crippen MR) is 118 cm³/mol. The number of anilines is 2. The number of amides is 1. The molecule has 156 valence electrons. The van der Waals surface area contributed by atoms with Crippen molar-refractivity contribution in [3.8, 4) is 0 Å². The second kappa shape index (κ2) is 8.55. The third-order valence-corrected chi connectivity index (χ3v) is 7.62. The van der Waals surface area contributed by atoms with E-state index in [9.17, 15) is 13.2 Å². The summed E-state index contributed by atoms with van der Waals surface area (Å²) in [5.41, 5.74) is 1.97. The van der Waals surface area contributed by atoms with E-state index in [2.05, 4.69) is 5.32 Å². The highest BCUT2D eigenvalue weighted by Gasteiger charge is 2.44. The van der Waals surface area contributed by atoms with Gasteiger partial charge in [0.25, 0.3) is 0 Å². The molecule has 0 saturated carbocycles. The number of carbonyl (C=O) groups excluding carboxylic acids is 1. The smallest absolute Gasteiger partial charge is 0.235 e. The summed E-state index contributed by atoms with van der Waals surface area (Å²) < 4.78 is 26.0. The van der Waals surface area contributed by atoms with E-state index in [0.717, 1.165) is 16.9 Å². The Labute approximate surface area is 173 Å². The molecule has 1 N–H and O–H groups in total. The fourth-order valence-corrected chi connectivity index (χ4v) is 4.93. The topological polar surface area (TPSA) is 69.7 Å². The van der Waals surface area contributed by atoms with Gasteiger partial charge in [-0.1, -0.05) is 30.3 Å². The molecular formula is C22H29N3O3S. The van der Waals surface area contributed by atoms with Crippen LogP contribution in [0.25, 0.3) is 0 Å². The Morgan fingerprint density at radius 1 is 1.03 bits per heavy atom. The van der Waals surface area contributed by atoms with Gasteiger partial charge in [0.05, 0.1) is 11.2 Å². The molecule has 6 nitrogen and oxygen atoms in total. The van der Waals surface area contributed by atoms with E-state index in [1.807, 2.05) is 73.6 Å². The zero-order valence-corrected chi connectivity index (χ0v) is 18.1. The molecule has 0 bridgehead atoms. The van der Waals surface area contributed by atoms with Crippen molar-refractivity contribution < 1.29 is 13.2 Å². The van der Waals surface area contributed by atoms with Crippen LogP contribution < -0.4 is 10.2 Å². The molecule has 1 fully saturated rings. The molecule has 1 amide bonds. The van der Waals surface area contributed by atoms with Crippen molar-refractivity contribution in [3.63, 3.8) is 0 Å². The first-order chi connectivity index (χ1) is 13.8. The highest BCUT2D eigenvalue weighted by Crippen LogP contribution is 2.37. The van der Waals surface area contributed by atoms with E-state index in [0.29, 0.717) is 25.9 Å². The average Bonchev–Trinajstić information content (AvgIpc) is 2.74. The third-order valence-electron chi connectivity index (χ3n) is 5.74. The number of carbonyl (C=O) groups is 1. The van der Waals surface area contributed by atoms with Crippen LogP contribution in [-0.2, 0) is 20.2 Å². The first kappa shape index (κ1) is 21.3. The molecule has 3 rings (SSSR count). The number of sulfonamides is 1. The van der Waals surface area contributed by atoms with Crippen LogP contribution in [-0.4, -0.2) is 51.6 Å². The van der Waals surface area contributed by atoms with Crippen LogP contribution in [0.3, 0.4) is 0 Å². The maximum Gasteiger partial charge on any atom is 0.235 e. The molecule has 2 aromatic carbocycles. The van der Waals surface area contributed by atoms with Crippen molar-refractivity contribution in [2.45, 2.75) is 25.2 Å². The second-order valence-electron chi connectivity index (χ2n) is 7.64. The maximum atomic E-state index is 13.4. The lowest BCUT2D eigenvalue weighted by molar-refractivity contribution is -0.123. The molecule has 29 heavy (non-hydrogen) atoms. The van der Waals surface area contributed by atoms with E-state index < -0.39 is 15.4 Å². The molecule has 0 spiro atoms. The number of hydrogen-bond donors (Lipinski definition) is 1. The summed E-state index contributed by atoms with van der Waals surface area (Å²) in [6.45, 7) is 2.34. The van der Waals surface area contributed by atoms with E-state index in [1.165, 1.54) is 4.31 Å². The Kier molecular flexibility index (Phi) is 6.29. The van der Waals surface area contributed by atoms with E-state index in [1.54, 1.807) is 6.92 Å². The summed E-state index contributed by atoms with van der Waals surface area (Å²) >= 11 is 0. The fraction of sp³-hybridized carbons (Fsp3) is 0.409. The van der Waals surface area contributed by atoms with Crippen molar-refractivity contribution in [1.29, 1.82) is 0 Å². The van der Waals surface area contributed by atoms with Gasteiger partial charge in [0.1, 0.15) is 0 Å². The van der Waals surface area contributed by atoms with Crippen molar-refractivity contribution in [2.24, 2.45) is 0 Å². The SMILES string of the molecule is CCS(=O)(=O)N1CCC(C(=O)Nc2ccc(N(C)C)cc2)(c2ccccc2)CC1. The van der Waals surface area contributed by atoms with Gasteiger partial charge in [-0.3, -0.25) is 4.79 Å². The van der Waals surface area contributed by atoms with Gasteiger partial charge >= 0.3 is 0 Å². The van der Waals surface area contributed by atoms with E-state index in [4.69, 9.17) is 0 Å². The fourth-order valence-electron chi connectivity index (χ4n) is 3.83. The van der Waals surface area contributed by atoms with Gasteiger partial charge in [-0.05, 0) is 49.6 Å². The molecule has 0 aromatic heterocycles. The lowest BCUT2D eigenvalue weighted by Gasteiger charge is -2.40. The summed E-state index contributed by atoms with van der Waals surface area (Å²) in [6, 6.07) is 17.4. The Bertz CT molecular complexity index is 933. The lowest BCUT2D eigenvalue weighted by atomic mass is 9.72. The highest BCUT2D eigenvalue weighted by molar-refractivity contribution is 7.89. The molecule has 1 aliphatic rings. The largest absolute Gasteiger partial charge is 0.378 e. The van der Waals surface area contributed by atoms with Gasteiger partial charge in [0.15, 0.2) is 0 Å². The minimum atomic E-state index is -3.25. The quantitative estimate of drug-likeness (QED) is 0.787. The molecule has 0 radical (unpaired) electrons. The number of nitrogens with zero attached hydrogens (tertiary/aromatic N) is 2. The zero-order valence-electron chi connectivity index (χ0n) is 17.3. The van der Waals surface area contributed by atoms with Gasteiger partial charge in [-0.25, -0.2) is 12.7 Å². The van der Waals surface area contributed by atoms with Crippen LogP contribution in [0.15, 0.2) is 54.6 Å². The van der Waals surface area contributed by atoms with Crippen LogP contribution in [0, 0.1) is 0 Å². The van der Waals surface area contributed by atoms with Crippen LogP contribution in [0.1, 0.15) is 25.3 Å². The number of piperidine rings is 1. The monoisotopic (exact) mass is 415 g/mol. The summed E-state index contributed by atoms with van der Waals surface area (Å²) in [5.74, 6) is -0.00898. The second-order valence-corrected chi connectivity index (χ2v) is 9.90. The summed E-state index contributed by atoms with van der Waals surface area (Å²) in [7, 11) is 0.683. The maximum absolute atomic E-state index is 13.4. The zero-order chi connectivity index (χ0) is 21.1. The van der Waals surface area contributed by atoms with E-state index in [-0.39, 0.29) is 11.7 Å². The molecular weight excluding hydrogens is 386 g/mol. The van der Waals surface area contributed by atoms with Crippen molar-refractivity contribution >= 4 is 27.3 Å². The van der Waals surface area contributed by atoms with Crippen molar-refractivity contribution in [3.05, 3.63) is 60.2 Å². The molecule has 1 aliphatic heterocycles. The number of benzene rings is 2. The molecule has 1 heterocycles. The summed E-state index contributed by atoms with van der Waals surface area (Å²) in [6.07, 6.45) is 0.912. The minimum absolute atomic E-state index is 0.0791. The van der Waals surface area contributed by atoms with Crippen LogP contribution in [0.2, 0.25) is 0 Å². The summed E-state index contributed by atoms with van der Waals surface area (Å²) in [4.78, 5) is 15.4. The Morgan fingerprint density at radius 2 is 1.62 bits per heavy atom. The van der Waals surface area contributed by atoms with E-state index >= 15 is 0 Å². The predicted octanol–water partition coefficient (Wildman–Crippen LogP) is 3.07. The molecule has 1 saturated heterocycles. The molecule has 7 heteroatoms. The van der Waals surface area contributed by atoms with Gasteiger partial charge in [0, 0.05) is 38.6 Å². The Balaban J connectivity index is 1.86. The Morgan fingerprint density at radius 3 is 2.14 bits per heavy atom. The first-order valence-electron chi connectivity index (χ1n) is 9.91. The first-order valence-corrected chi connectivity index (χ1v) is 11.5. The highest BCUT2D eigenvalue weighted by atomic mass is 32.2. The van der Waals surface area contributed by atoms with Gasteiger partial charge in [-0.15, -0.1) is 0 Å². The molecule has 0 unspecified atom stereocenters. The van der Waals surface area contributed by atoms with Crippen molar-refractivity contribution in [1.82, 2.24) is 4.31 Å². The number of nitrogens with one attached hydrogen (secondary N) is 1. The number of hydrogen-bond acceptors (Lipinski definition) is 4. The third kappa shape index (κ3) is 4.46. The molecule has 0 atom stereocenters.